The van der Waals surface area contributed by atoms with Gasteiger partial charge in [0.1, 0.15) is 0 Å². The molecule has 1 aromatic rings. The van der Waals surface area contributed by atoms with E-state index in [4.69, 9.17) is 9.47 Å². The number of aryl methyl sites for hydroxylation is 2. The number of halogens is 1. The average Bonchev–Trinajstić information content (AvgIpc) is 2.54. The summed E-state index contributed by atoms with van der Waals surface area (Å²) in [5, 5.41) is 4.41. The number of hydrogen-bond donors (Lipinski definition) is 0. The van der Waals surface area contributed by atoms with Crippen molar-refractivity contribution in [2.75, 3.05) is 13.2 Å². The standard InChI is InChI=1S/C12H21BrN2O2/c1-5-10-12(13)11(15(4)14-10)8-16-6-7-17-9(2)3/h9H,5-8H2,1-4H3. The number of rotatable bonds is 7. The zero-order valence-corrected chi connectivity index (χ0v) is 12.6. The van der Waals surface area contributed by atoms with Crippen LogP contribution < -0.4 is 0 Å². The first-order chi connectivity index (χ1) is 8.06. The third-order valence-electron chi connectivity index (χ3n) is 2.42. The van der Waals surface area contributed by atoms with Gasteiger partial charge in [-0.3, -0.25) is 4.68 Å². The van der Waals surface area contributed by atoms with Gasteiger partial charge in [-0.2, -0.15) is 5.10 Å². The van der Waals surface area contributed by atoms with Crippen LogP contribution in [0.15, 0.2) is 4.47 Å². The van der Waals surface area contributed by atoms with Gasteiger partial charge in [0, 0.05) is 7.05 Å². The molecule has 0 unspecified atom stereocenters. The molecule has 0 bridgehead atoms. The normalized spacial score (nSPS) is 11.4. The highest BCUT2D eigenvalue weighted by molar-refractivity contribution is 9.10. The van der Waals surface area contributed by atoms with Crippen molar-refractivity contribution in [1.29, 1.82) is 0 Å². The maximum Gasteiger partial charge on any atom is 0.0897 e. The van der Waals surface area contributed by atoms with Crippen LogP contribution >= 0.6 is 15.9 Å². The molecular weight excluding hydrogens is 284 g/mol. The smallest absolute Gasteiger partial charge is 0.0897 e. The third-order valence-corrected chi connectivity index (χ3v) is 3.34. The Kier molecular flexibility index (Phi) is 6.16. The van der Waals surface area contributed by atoms with Gasteiger partial charge in [-0.25, -0.2) is 0 Å². The summed E-state index contributed by atoms with van der Waals surface area (Å²) in [6.45, 7) is 7.93. The Morgan fingerprint density at radius 1 is 1.35 bits per heavy atom. The zero-order valence-electron chi connectivity index (χ0n) is 11.0. The van der Waals surface area contributed by atoms with Crippen molar-refractivity contribution >= 4 is 15.9 Å². The SMILES string of the molecule is CCc1nn(C)c(COCCOC(C)C)c1Br. The monoisotopic (exact) mass is 304 g/mol. The lowest BCUT2D eigenvalue weighted by Gasteiger charge is -2.08. The Morgan fingerprint density at radius 3 is 2.59 bits per heavy atom. The summed E-state index contributed by atoms with van der Waals surface area (Å²) < 4.78 is 13.9. The molecule has 1 aromatic heterocycles. The number of nitrogens with zero attached hydrogens (tertiary/aromatic N) is 2. The van der Waals surface area contributed by atoms with Gasteiger partial charge in [-0.05, 0) is 36.2 Å². The van der Waals surface area contributed by atoms with E-state index in [1.54, 1.807) is 0 Å². The van der Waals surface area contributed by atoms with Crippen LogP contribution in [0.2, 0.25) is 0 Å². The molecule has 0 aromatic carbocycles. The topological polar surface area (TPSA) is 36.3 Å². The van der Waals surface area contributed by atoms with E-state index in [2.05, 4.69) is 28.0 Å². The Labute approximate surface area is 111 Å². The second-order valence-electron chi connectivity index (χ2n) is 4.16. The van der Waals surface area contributed by atoms with Gasteiger partial charge < -0.3 is 9.47 Å². The summed E-state index contributed by atoms with van der Waals surface area (Å²) in [7, 11) is 1.94. The molecule has 0 aliphatic heterocycles. The molecule has 98 valence electrons. The Hall–Kier alpha value is -0.390. The van der Waals surface area contributed by atoms with Crippen molar-refractivity contribution in [3.8, 4) is 0 Å². The van der Waals surface area contributed by atoms with Crippen LogP contribution in [-0.2, 0) is 29.5 Å². The number of ether oxygens (including phenoxy) is 2. The summed E-state index contributed by atoms with van der Waals surface area (Å²) in [5.74, 6) is 0. The lowest BCUT2D eigenvalue weighted by molar-refractivity contribution is 0.0127. The van der Waals surface area contributed by atoms with Gasteiger partial charge in [0.25, 0.3) is 0 Å². The van der Waals surface area contributed by atoms with Gasteiger partial charge in [0.2, 0.25) is 0 Å². The average molecular weight is 305 g/mol. The van der Waals surface area contributed by atoms with E-state index in [1.165, 1.54) is 0 Å². The molecule has 5 heteroatoms. The van der Waals surface area contributed by atoms with E-state index in [0.29, 0.717) is 19.8 Å². The molecule has 0 N–H and O–H groups in total. The first-order valence-electron chi connectivity index (χ1n) is 5.95. The van der Waals surface area contributed by atoms with Crippen molar-refractivity contribution in [2.45, 2.75) is 39.9 Å². The van der Waals surface area contributed by atoms with Crippen LogP contribution in [0.3, 0.4) is 0 Å². The minimum Gasteiger partial charge on any atom is -0.376 e. The van der Waals surface area contributed by atoms with Gasteiger partial charge in [0.05, 0.1) is 41.8 Å². The summed E-state index contributed by atoms with van der Waals surface area (Å²) >= 11 is 3.56. The molecule has 0 aliphatic carbocycles. The first-order valence-corrected chi connectivity index (χ1v) is 6.75. The molecule has 0 fully saturated rings. The van der Waals surface area contributed by atoms with E-state index < -0.39 is 0 Å². The quantitative estimate of drug-likeness (QED) is 0.727. The molecule has 17 heavy (non-hydrogen) atoms. The highest BCUT2D eigenvalue weighted by atomic mass is 79.9. The fraction of sp³-hybridized carbons (Fsp3) is 0.750. The van der Waals surface area contributed by atoms with Gasteiger partial charge in [-0.15, -0.1) is 0 Å². The number of hydrogen-bond acceptors (Lipinski definition) is 3. The second kappa shape index (κ2) is 7.13. The summed E-state index contributed by atoms with van der Waals surface area (Å²) in [4.78, 5) is 0. The maximum absolute atomic E-state index is 5.57. The molecule has 0 saturated carbocycles. The Morgan fingerprint density at radius 2 is 2.06 bits per heavy atom. The Bertz CT molecular complexity index is 351. The molecule has 1 heterocycles. The van der Waals surface area contributed by atoms with Crippen LogP contribution in [0.4, 0.5) is 0 Å². The van der Waals surface area contributed by atoms with Crippen LogP contribution in [-0.4, -0.2) is 29.1 Å². The van der Waals surface area contributed by atoms with Crippen molar-refractivity contribution < 1.29 is 9.47 Å². The largest absolute Gasteiger partial charge is 0.376 e. The van der Waals surface area contributed by atoms with E-state index >= 15 is 0 Å². The fourth-order valence-corrected chi connectivity index (χ4v) is 2.22. The lowest BCUT2D eigenvalue weighted by atomic mass is 10.3. The van der Waals surface area contributed by atoms with Crippen molar-refractivity contribution in [1.82, 2.24) is 9.78 Å². The third kappa shape index (κ3) is 4.41. The molecule has 0 atom stereocenters. The van der Waals surface area contributed by atoms with Crippen LogP contribution in [0, 0.1) is 0 Å². The summed E-state index contributed by atoms with van der Waals surface area (Å²) in [5.41, 5.74) is 2.15. The van der Waals surface area contributed by atoms with Crippen LogP contribution in [0.25, 0.3) is 0 Å². The van der Waals surface area contributed by atoms with E-state index in [1.807, 2.05) is 25.6 Å². The molecule has 0 aliphatic rings. The maximum atomic E-state index is 5.57. The molecular formula is C12H21BrN2O2. The van der Waals surface area contributed by atoms with Gasteiger partial charge in [0.15, 0.2) is 0 Å². The Balaban J connectivity index is 2.39. The zero-order chi connectivity index (χ0) is 12.8. The molecule has 1 rings (SSSR count). The lowest BCUT2D eigenvalue weighted by Crippen LogP contribution is -2.10. The van der Waals surface area contributed by atoms with Crippen molar-refractivity contribution in [3.63, 3.8) is 0 Å². The van der Waals surface area contributed by atoms with E-state index in [9.17, 15) is 0 Å². The molecule has 4 nitrogen and oxygen atoms in total. The fourth-order valence-electron chi connectivity index (χ4n) is 1.49. The first kappa shape index (κ1) is 14.7. The van der Waals surface area contributed by atoms with E-state index in [0.717, 1.165) is 22.3 Å². The highest BCUT2D eigenvalue weighted by Crippen LogP contribution is 2.22. The molecule has 0 saturated heterocycles. The highest BCUT2D eigenvalue weighted by Gasteiger charge is 2.12. The van der Waals surface area contributed by atoms with Crippen LogP contribution in [0.5, 0.6) is 0 Å². The van der Waals surface area contributed by atoms with Crippen molar-refractivity contribution in [3.05, 3.63) is 15.9 Å². The molecule has 0 amide bonds. The minimum atomic E-state index is 0.258. The van der Waals surface area contributed by atoms with Crippen LogP contribution in [0.1, 0.15) is 32.2 Å². The second-order valence-corrected chi connectivity index (χ2v) is 4.95. The number of aromatic nitrogens is 2. The van der Waals surface area contributed by atoms with Crippen molar-refractivity contribution in [2.24, 2.45) is 7.05 Å². The summed E-state index contributed by atoms with van der Waals surface area (Å²) in [6, 6.07) is 0. The minimum absolute atomic E-state index is 0.258. The predicted octanol–water partition coefficient (Wildman–Crippen LogP) is 2.69. The van der Waals surface area contributed by atoms with E-state index in [-0.39, 0.29) is 6.10 Å². The van der Waals surface area contributed by atoms with Gasteiger partial charge in [-0.1, -0.05) is 6.92 Å². The molecule has 0 spiro atoms. The predicted molar refractivity (Wildman–Crippen MR) is 71.0 cm³/mol. The van der Waals surface area contributed by atoms with Gasteiger partial charge >= 0.3 is 0 Å². The summed E-state index contributed by atoms with van der Waals surface area (Å²) in [6.07, 6.45) is 1.18. The molecule has 0 radical (unpaired) electrons.